The van der Waals surface area contributed by atoms with Crippen molar-refractivity contribution in [3.8, 4) is 0 Å². The highest BCUT2D eigenvalue weighted by Gasteiger charge is 2.50. The first-order valence-electron chi connectivity index (χ1n) is 13.6. The quantitative estimate of drug-likeness (QED) is 0.352. The summed E-state index contributed by atoms with van der Waals surface area (Å²) in [7, 11) is 0. The highest BCUT2D eigenvalue weighted by molar-refractivity contribution is 5.75. The third-order valence-electron chi connectivity index (χ3n) is 7.78. The first kappa shape index (κ1) is 30.8. The lowest BCUT2D eigenvalue weighted by molar-refractivity contribution is -0.293. The van der Waals surface area contributed by atoms with Gasteiger partial charge < -0.3 is 15.0 Å². The van der Waals surface area contributed by atoms with Gasteiger partial charge in [0.15, 0.2) is 0 Å². The third kappa shape index (κ3) is 7.55. The van der Waals surface area contributed by atoms with E-state index < -0.39 is 22.2 Å². The van der Waals surface area contributed by atoms with E-state index in [2.05, 4.69) is 5.32 Å². The number of nitrogens with zero attached hydrogens (tertiary/aromatic N) is 3. The zero-order valence-corrected chi connectivity index (χ0v) is 24.1. The van der Waals surface area contributed by atoms with Crippen LogP contribution in [0, 0.1) is 0 Å². The Balaban J connectivity index is 2.14. The molecule has 2 aliphatic rings. The van der Waals surface area contributed by atoms with Gasteiger partial charge in [0, 0.05) is 47.2 Å². The summed E-state index contributed by atoms with van der Waals surface area (Å²) in [6, 6.07) is -0.321. The Hall–Kier alpha value is -1.42. The van der Waals surface area contributed by atoms with Crippen molar-refractivity contribution in [1.29, 1.82) is 0 Å². The summed E-state index contributed by atoms with van der Waals surface area (Å²) in [5.74, 6) is -0.187. The second-order valence-electron chi connectivity index (χ2n) is 13.3. The largest absolute Gasteiger partial charge is 0.466 e. The molecule has 1 N–H and O–H groups in total. The van der Waals surface area contributed by atoms with Crippen molar-refractivity contribution in [2.45, 2.75) is 148 Å². The second-order valence-corrected chi connectivity index (χ2v) is 13.3. The SMILES string of the molecule is CCOC(=O)CCCCCN(C(=O)NC1CC(C)(C)N([O])C(C)(C)C1)C1CC(C)(C)N([O])C(C)(C)C1. The molecular weight excluding hydrogens is 460 g/mol. The summed E-state index contributed by atoms with van der Waals surface area (Å²) >= 11 is 0. The van der Waals surface area contributed by atoms with Crippen LogP contribution in [0.3, 0.4) is 0 Å². The van der Waals surface area contributed by atoms with Crippen LogP contribution in [0.15, 0.2) is 0 Å². The smallest absolute Gasteiger partial charge is 0.317 e. The normalized spacial score (nSPS) is 24.3. The molecule has 2 rings (SSSR count). The fourth-order valence-corrected chi connectivity index (χ4v) is 6.47. The van der Waals surface area contributed by atoms with Gasteiger partial charge in [-0.1, -0.05) is 6.42 Å². The van der Waals surface area contributed by atoms with Crippen LogP contribution >= 0.6 is 0 Å². The van der Waals surface area contributed by atoms with Gasteiger partial charge in [-0.25, -0.2) is 4.79 Å². The maximum absolute atomic E-state index is 13.7. The molecule has 2 heterocycles. The van der Waals surface area contributed by atoms with E-state index in [9.17, 15) is 20.0 Å². The van der Waals surface area contributed by atoms with Gasteiger partial charge in [-0.15, -0.1) is 20.5 Å². The van der Waals surface area contributed by atoms with Crippen molar-refractivity contribution in [2.75, 3.05) is 13.2 Å². The first-order valence-corrected chi connectivity index (χ1v) is 13.6. The fraction of sp³-hybridized carbons (Fsp3) is 0.926. The molecule has 2 saturated heterocycles. The molecule has 9 heteroatoms. The Labute approximate surface area is 218 Å². The first-order chi connectivity index (χ1) is 16.4. The Kier molecular flexibility index (Phi) is 9.87. The maximum Gasteiger partial charge on any atom is 0.317 e. The number of amides is 2. The summed E-state index contributed by atoms with van der Waals surface area (Å²) in [6.45, 7) is 18.2. The van der Waals surface area contributed by atoms with Crippen molar-refractivity contribution in [2.24, 2.45) is 0 Å². The molecular formula is C27H50N4O5. The minimum absolute atomic E-state index is 0.0779. The summed E-state index contributed by atoms with van der Waals surface area (Å²) in [5.41, 5.74) is -2.33. The van der Waals surface area contributed by atoms with Gasteiger partial charge in [0.1, 0.15) is 0 Å². The van der Waals surface area contributed by atoms with Gasteiger partial charge in [0.05, 0.1) is 6.61 Å². The highest BCUT2D eigenvalue weighted by atomic mass is 16.5. The number of urea groups is 1. The van der Waals surface area contributed by atoms with E-state index in [-0.39, 0.29) is 24.1 Å². The number of esters is 1. The number of hydrogen-bond donors (Lipinski definition) is 1. The third-order valence-corrected chi connectivity index (χ3v) is 7.78. The van der Waals surface area contributed by atoms with Gasteiger partial charge in [0.2, 0.25) is 0 Å². The molecule has 0 saturated carbocycles. The molecule has 0 unspecified atom stereocenters. The number of carbonyl (C=O) groups excluding carboxylic acids is 2. The molecule has 0 atom stereocenters. The van der Waals surface area contributed by atoms with Crippen molar-refractivity contribution in [1.82, 2.24) is 20.3 Å². The number of hydrogen-bond acceptors (Lipinski definition) is 5. The Morgan fingerprint density at radius 1 is 0.806 bits per heavy atom. The zero-order chi connectivity index (χ0) is 27.5. The summed E-state index contributed by atoms with van der Waals surface area (Å²) in [4.78, 5) is 27.3. The summed E-state index contributed by atoms with van der Waals surface area (Å²) in [6.07, 6.45) is 5.01. The standard InChI is InChI=1S/C27H50N4O5/c1-10-36-22(32)14-12-11-13-15-29(21-18-26(6,7)31(35)27(8,9)19-21)23(33)28-20-16-24(2,3)30(34)25(4,5)17-20/h20-21H,10-19H2,1-9H3,(H,28,33). The number of rotatable bonds is 9. The molecule has 9 nitrogen and oxygen atoms in total. The molecule has 208 valence electrons. The molecule has 2 radical (unpaired) electrons. The molecule has 36 heavy (non-hydrogen) atoms. The topological polar surface area (TPSA) is 105 Å². The number of hydroxylamine groups is 4. The number of carbonyl (C=O) groups is 2. The molecule has 0 aromatic rings. The van der Waals surface area contributed by atoms with E-state index in [0.717, 1.165) is 12.8 Å². The average molecular weight is 511 g/mol. The Bertz CT molecular complexity index is 731. The van der Waals surface area contributed by atoms with Crippen molar-refractivity contribution >= 4 is 12.0 Å². The van der Waals surface area contributed by atoms with E-state index in [4.69, 9.17) is 4.74 Å². The lowest BCUT2D eigenvalue weighted by Gasteiger charge is -2.53. The van der Waals surface area contributed by atoms with E-state index in [1.54, 1.807) is 6.92 Å². The lowest BCUT2D eigenvalue weighted by Crippen LogP contribution is -2.65. The molecule has 0 aromatic heterocycles. The number of ether oxygens (including phenoxy) is 1. The molecule has 2 amide bonds. The van der Waals surface area contributed by atoms with Crippen LogP contribution < -0.4 is 5.32 Å². The lowest BCUT2D eigenvalue weighted by atomic mass is 9.78. The summed E-state index contributed by atoms with van der Waals surface area (Å²) < 4.78 is 5.01. The number of unbranched alkanes of at least 4 members (excludes halogenated alkanes) is 2. The number of piperidine rings is 2. The van der Waals surface area contributed by atoms with Crippen molar-refractivity contribution < 1.29 is 24.7 Å². The van der Waals surface area contributed by atoms with Crippen LogP contribution in [0.5, 0.6) is 0 Å². The van der Waals surface area contributed by atoms with E-state index in [1.165, 1.54) is 10.1 Å². The Morgan fingerprint density at radius 3 is 1.75 bits per heavy atom. The Morgan fingerprint density at radius 2 is 1.28 bits per heavy atom. The molecule has 2 fully saturated rings. The highest BCUT2D eigenvalue weighted by Crippen LogP contribution is 2.40. The maximum atomic E-state index is 13.7. The molecule has 0 spiro atoms. The molecule has 0 aromatic carbocycles. The monoisotopic (exact) mass is 510 g/mol. The second kappa shape index (κ2) is 11.5. The van der Waals surface area contributed by atoms with Crippen molar-refractivity contribution in [3.63, 3.8) is 0 Å². The van der Waals surface area contributed by atoms with Crippen LogP contribution in [-0.2, 0) is 19.9 Å². The van der Waals surface area contributed by atoms with Crippen molar-refractivity contribution in [3.05, 3.63) is 0 Å². The van der Waals surface area contributed by atoms with Crippen LogP contribution in [0.25, 0.3) is 0 Å². The van der Waals surface area contributed by atoms with Gasteiger partial charge in [0.25, 0.3) is 0 Å². The predicted molar refractivity (Wildman–Crippen MR) is 138 cm³/mol. The van der Waals surface area contributed by atoms with Gasteiger partial charge in [-0.05, 0) is 101 Å². The van der Waals surface area contributed by atoms with E-state index in [1.807, 2.05) is 60.3 Å². The van der Waals surface area contributed by atoms with Gasteiger partial charge >= 0.3 is 12.0 Å². The molecule has 2 aliphatic heterocycles. The van der Waals surface area contributed by atoms with E-state index >= 15 is 0 Å². The minimum atomic E-state index is -0.591. The fourth-order valence-electron chi connectivity index (χ4n) is 6.47. The molecule has 0 bridgehead atoms. The number of nitrogens with one attached hydrogen (secondary N) is 1. The zero-order valence-electron chi connectivity index (χ0n) is 24.1. The predicted octanol–water partition coefficient (Wildman–Crippen LogP) is 4.86. The van der Waals surface area contributed by atoms with Crippen LogP contribution in [0.4, 0.5) is 4.79 Å². The molecule has 0 aliphatic carbocycles. The minimum Gasteiger partial charge on any atom is -0.466 e. The van der Waals surface area contributed by atoms with Gasteiger partial charge in [-0.3, -0.25) is 4.79 Å². The van der Waals surface area contributed by atoms with Crippen LogP contribution in [-0.4, -0.2) is 74.4 Å². The van der Waals surface area contributed by atoms with Crippen LogP contribution in [0.1, 0.15) is 114 Å². The summed E-state index contributed by atoms with van der Waals surface area (Å²) in [5, 5.41) is 31.3. The van der Waals surface area contributed by atoms with Gasteiger partial charge in [-0.2, -0.15) is 0 Å². The van der Waals surface area contributed by atoms with E-state index in [0.29, 0.717) is 51.7 Å². The average Bonchev–Trinajstić information content (AvgIpc) is 2.72. The van der Waals surface area contributed by atoms with Crippen LogP contribution in [0.2, 0.25) is 0 Å².